The molecule has 0 aromatic heterocycles. The van der Waals surface area contributed by atoms with Crippen LogP contribution in [0.1, 0.15) is 30.9 Å². The van der Waals surface area contributed by atoms with Crippen LogP contribution >= 0.6 is 0 Å². The van der Waals surface area contributed by atoms with E-state index in [0.29, 0.717) is 11.8 Å². The SMILES string of the molecule is Cc1ccc(C(CN)C(C)C)cc1. The second-order valence-corrected chi connectivity index (χ2v) is 4.00. The zero-order valence-electron chi connectivity index (χ0n) is 8.75. The van der Waals surface area contributed by atoms with Gasteiger partial charge in [-0.05, 0) is 30.9 Å². The van der Waals surface area contributed by atoms with Gasteiger partial charge in [0.2, 0.25) is 0 Å². The molecule has 0 heterocycles. The van der Waals surface area contributed by atoms with Crippen molar-refractivity contribution in [3.05, 3.63) is 35.4 Å². The van der Waals surface area contributed by atoms with Crippen molar-refractivity contribution in [2.24, 2.45) is 11.7 Å². The Balaban J connectivity index is 2.86. The Hall–Kier alpha value is -0.820. The quantitative estimate of drug-likeness (QED) is 0.754. The van der Waals surface area contributed by atoms with Crippen LogP contribution in [0.15, 0.2) is 24.3 Å². The zero-order chi connectivity index (χ0) is 9.84. The van der Waals surface area contributed by atoms with Crippen LogP contribution in [0.3, 0.4) is 0 Å². The van der Waals surface area contributed by atoms with Crippen molar-refractivity contribution in [1.29, 1.82) is 0 Å². The average molecular weight is 177 g/mol. The maximum Gasteiger partial charge on any atom is -0.000577 e. The second kappa shape index (κ2) is 4.43. The lowest BCUT2D eigenvalue weighted by Crippen LogP contribution is -2.17. The maximum absolute atomic E-state index is 5.74. The molecule has 1 aromatic carbocycles. The van der Waals surface area contributed by atoms with Crippen molar-refractivity contribution in [3.63, 3.8) is 0 Å². The van der Waals surface area contributed by atoms with Crippen LogP contribution < -0.4 is 5.73 Å². The van der Waals surface area contributed by atoms with E-state index < -0.39 is 0 Å². The molecule has 2 N–H and O–H groups in total. The van der Waals surface area contributed by atoms with Crippen LogP contribution in [-0.2, 0) is 0 Å². The minimum absolute atomic E-state index is 0.501. The highest BCUT2D eigenvalue weighted by Crippen LogP contribution is 2.23. The summed E-state index contributed by atoms with van der Waals surface area (Å²) < 4.78 is 0. The lowest BCUT2D eigenvalue weighted by Gasteiger charge is -2.19. The summed E-state index contributed by atoms with van der Waals surface area (Å²) in [6.45, 7) is 7.28. The van der Waals surface area contributed by atoms with Gasteiger partial charge in [0.25, 0.3) is 0 Å². The first-order chi connectivity index (χ1) is 6.15. The third-order valence-electron chi connectivity index (χ3n) is 2.56. The highest BCUT2D eigenvalue weighted by molar-refractivity contribution is 5.25. The van der Waals surface area contributed by atoms with Crippen molar-refractivity contribution in [3.8, 4) is 0 Å². The molecule has 0 spiro atoms. The summed E-state index contributed by atoms with van der Waals surface area (Å²) in [5, 5.41) is 0. The lowest BCUT2D eigenvalue weighted by atomic mass is 9.88. The Labute approximate surface area is 81.0 Å². The first kappa shape index (κ1) is 10.3. The van der Waals surface area contributed by atoms with Gasteiger partial charge in [-0.25, -0.2) is 0 Å². The third-order valence-corrected chi connectivity index (χ3v) is 2.56. The molecule has 1 atom stereocenters. The highest BCUT2D eigenvalue weighted by Gasteiger charge is 2.12. The van der Waals surface area contributed by atoms with E-state index in [4.69, 9.17) is 5.73 Å². The molecular weight excluding hydrogens is 158 g/mol. The number of rotatable bonds is 3. The number of aryl methyl sites for hydroxylation is 1. The minimum Gasteiger partial charge on any atom is -0.330 e. The topological polar surface area (TPSA) is 26.0 Å². The number of nitrogens with two attached hydrogens (primary N) is 1. The number of hydrogen-bond acceptors (Lipinski definition) is 1. The molecule has 0 bridgehead atoms. The molecule has 1 aromatic rings. The van der Waals surface area contributed by atoms with Crippen LogP contribution in [0.2, 0.25) is 0 Å². The minimum atomic E-state index is 0.501. The summed E-state index contributed by atoms with van der Waals surface area (Å²) in [7, 11) is 0. The van der Waals surface area contributed by atoms with E-state index in [1.807, 2.05) is 0 Å². The summed E-state index contributed by atoms with van der Waals surface area (Å²) >= 11 is 0. The second-order valence-electron chi connectivity index (χ2n) is 4.00. The first-order valence-corrected chi connectivity index (χ1v) is 4.91. The summed E-state index contributed by atoms with van der Waals surface area (Å²) in [6.07, 6.45) is 0. The molecule has 0 saturated carbocycles. The first-order valence-electron chi connectivity index (χ1n) is 4.91. The van der Waals surface area contributed by atoms with Crippen LogP contribution in [0.5, 0.6) is 0 Å². The normalized spacial score (nSPS) is 13.3. The molecule has 1 nitrogen and oxygen atoms in total. The lowest BCUT2D eigenvalue weighted by molar-refractivity contribution is 0.506. The number of hydrogen-bond donors (Lipinski definition) is 1. The molecule has 1 unspecified atom stereocenters. The molecule has 0 radical (unpaired) electrons. The number of benzene rings is 1. The average Bonchev–Trinajstić information content (AvgIpc) is 2.09. The van der Waals surface area contributed by atoms with Gasteiger partial charge in [-0.2, -0.15) is 0 Å². The smallest absolute Gasteiger partial charge is 0.000577 e. The van der Waals surface area contributed by atoms with Crippen molar-refractivity contribution < 1.29 is 0 Å². The third kappa shape index (κ3) is 2.56. The molecule has 0 aliphatic carbocycles. The van der Waals surface area contributed by atoms with Gasteiger partial charge in [0.1, 0.15) is 0 Å². The van der Waals surface area contributed by atoms with Crippen LogP contribution in [0, 0.1) is 12.8 Å². The van der Waals surface area contributed by atoms with Gasteiger partial charge in [-0.15, -0.1) is 0 Å². The Morgan fingerprint density at radius 2 is 1.69 bits per heavy atom. The predicted octanol–water partition coefficient (Wildman–Crippen LogP) is 2.69. The van der Waals surface area contributed by atoms with Crippen LogP contribution in [-0.4, -0.2) is 6.54 Å². The molecule has 13 heavy (non-hydrogen) atoms. The Kier molecular flexibility index (Phi) is 3.49. The van der Waals surface area contributed by atoms with Gasteiger partial charge < -0.3 is 5.73 Å². The van der Waals surface area contributed by atoms with E-state index in [1.54, 1.807) is 0 Å². The molecule has 1 rings (SSSR count). The fourth-order valence-electron chi connectivity index (χ4n) is 1.61. The Morgan fingerprint density at radius 3 is 2.08 bits per heavy atom. The van der Waals surface area contributed by atoms with Gasteiger partial charge in [0, 0.05) is 0 Å². The summed E-state index contributed by atoms with van der Waals surface area (Å²) in [5.74, 6) is 1.12. The van der Waals surface area contributed by atoms with Crippen molar-refractivity contribution >= 4 is 0 Å². The van der Waals surface area contributed by atoms with E-state index in [9.17, 15) is 0 Å². The molecule has 0 aliphatic heterocycles. The summed E-state index contributed by atoms with van der Waals surface area (Å²) in [6, 6.07) is 8.68. The van der Waals surface area contributed by atoms with Crippen LogP contribution in [0.25, 0.3) is 0 Å². The monoisotopic (exact) mass is 177 g/mol. The standard InChI is InChI=1S/C12H19N/c1-9(2)12(8-13)11-6-4-10(3)5-7-11/h4-7,9,12H,8,13H2,1-3H3. The fraction of sp³-hybridized carbons (Fsp3) is 0.500. The van der Waals surface area contributed by atoms with Gasteiger partial charge in [-0.3, -0.25) is 0 Å². The molecular formula is C12H19N. The largest absolute Gasteiger partial charge is 0.330 e. The molecule has 0 aliphatic rings. The summed E-state index contributed by atoms with van der Waals surface area (Å²) in [4.78, 5) is 0. The maximum atomic E-state index is 5.74. The van der Waals surface area contributed by atoms with Gasteiger partial charge in [-0.1, -0.05) is 43.7 Å². The molecule has 0 amide bonds. The molecule has 72 valence electrons. The molecule has 1 heteroatoms. The van der Waals surface area contributed by atoms with E-state index in [1.165, 1.54) is 11.1 Å². The van der Waals surface area contributed by atoms with Gasteiger partial charge in [0.15, 0.2) is 0 Å². The molecule has 0 fully saturated rings. The van der Waals surface area contributed by atoms with E-state index in [0.717, 1.165) is 6.54 Å². The van der Waals surface area contributed by atoms with E-state index >= 15 is 0 Å². The van der Waals surface area contributed by atoms with E-state index in [-0.39, 0.29) is 0 Å². The van der Waals surface area contributed by atoms with Crippen molar-refractivity contribution in [1.82, 2.24) is 0 Å². The zero-order valence-corrected chi connectivity index (χ0v) is 8.75. The van der Waals surface area contributed by atoms with Crippen molar-refractivity contribution in [2.45, 2.75) is 26.7 Å². The summed E-state index contributed by atoms with van der Waals surface area (Å²) in [5.41, 5.74) is 8.42. The highest BCUT2D eigenvalue weighted by atomic mass is 14.6. The molecule has 0 saturated heterocycles. The van der Waals surface area contributed by atoms with Crippen LogP contribution in [0.4, 0.5) is 0 Å². The fourth-order valence-corrected chi connectivity index (χ4v) is 1.61. The van der Waals surface area contributed by atoms with Gasteiger partial charge in [0.05, 0.1) is 0 Å². The van der Waals surface area contributed by atoms with Crippen molar-refractivity contribution in [2.75, 3.05) is 6.54 Å². The Morgan fingerprint density at radius 1 is 1.15 bits per heavy atom. The van der Waals surface area contributed by atoms with Gasteiger partial charge >= 0.3 is 0 Å². The Bertz CT molecular complexity index is 248. The predicted molar refractivity (Wildman–Crippen MR) is 57.8 cm³/mol. The van der Waals surface area contributed by atoms with E-state index in [2.05, 4.69) is 45.0 Å².